The second kappa shape index (κ2) is 11.5. The molecule has 0 saturated heterocycles. The summed E-state index contributed by atoms with van der Waals surface area (Å²) < 4.78 is 31.5. The van der Waals surface area contributed by atoms with Gasteiger partial charge in [0, 0.05) is 6.54 Å². The molecule has 208 valence electrons. The maximum Gasteiger partial charge on any atom is 0.291 e. The maximum absolute atomic E-state index is 14.0. The number of amides is 1. The van der Waals surface area contributed by atoms with Crippen LogP contribution in [0.1, 0.15) is 77.0 Å². The van der Waals surface area contributed by atoms with Crippen LogP contribution >= 0.6 is 0 Å². The third kappa shape index (κ3) is 5.20. The zero-order valence-electron chi connectivity index (χ0n) is 23.4. The first-order valence-electron chi connectivity index (χ1n) is 13.8. The lowest BCUT2D eigenvalue weighted by Gasteiger charge is -2.26. The number of nitrogens with zero attached hydrogens (tertiary/aromatic N) is 1. The van der Waals surface area contributed by atoms with Gasteiger partial charge in [0.1, 0.15) is 11.4 Å². The molecule has 0 bridgehead atoms. The van der Waals surface area contributed by atoms with Crippen molar-refractivity contribution in [2.24, 2.45) is 0 Å². The molecule has 0 fully saturated rings. The van der Waals surface area contributed by atoms with E-state index in [4.69, 9.17) is 13.9 Å². The number of carbonyl (C=O) groups excluding carboxylic acids is 1. The largest absolute Gasteiger partial charge is 0.493 e. The van der Waals surface area contributed by atoms with E-state index in [1.165, 1.54) is 12.1 Å². The van der Waals surface area contributed by atoms with Crippen molar-refractivity contribution in [2.45, 2.75) is 59.0 Å². The summed E-state index contributed by atoms with van der Waals surface area (Å²) in [6, 6.07) is 14.5. The van der Waals surface area contributed by atoms with Gasteiger partial charge in [-0.25, -0.2) is 4.39 Å². The Morgan fingerprint density at radius 1 is 0.950 bits per heavy atom. The Balaban J connectivity index is 1.61. The quantitative estimate of drug-likeness (QED) is 0.197. The van der Waals surface area contributed by atoms with Crippen LogP contribution in [0.3, 0.4) is 0 Å². The highest BCUT2D eigenvalue weighted by atomic mass is 19.1. The van der Waals surface area contributed by atoms with Crippen molar-refractivity contribution >= 4 is 16.9 Å². The van der Waals surface area contributed by atoms with Crippen molar-refractivity contribution in [1.82, 2.24) is 4.90 Å². The Bertz CT molecular complexity index is 1610. The summed E-state index contributed by atoms with van der Waals surface area (Å²) in [5, 5.41) is 0.463. The molecule has 40 heavy (non-hydrogen) atoms. The van der Waals surface area contributed by atoms with E-state index < -0.39 is 11.9 Å². The van der Waals surface area contributed by atoms with Crippen LogP contribution < -0.4 is 14.9 Å². The van der Waals surface area contributed by atoms with Crippen LogP contribution in [-0.4, -0.2) is 24.5 Å². The van der Waals surface area contributed by atoms with Crippen LogP contribution in [0.25, 0.3) is 11.0 Å². The van der Waals surface area contributed by atoms with E-state index in [0.29, 0.717) is 40.2 Å². The summed E-state index contributed by atoms with van der Waals surface area (Å²) in [7, 11) is 1.57. The Kier molecular flexibility index (Phi) is 7.92. The molecule has 5 rings (SSSR count). The minimum atomic E-state index is -0.721. The fourth-order valence-electron chi connectivity index (χ4n) is 5.49. The molecule has 0 N–H and O–H groups in total. The molecule has 3 aromatic carbocycles. The monoisotopic (exact) mass is 543 g/mol. The molecular formula is C33H34FNO5. The smallest absolute Gasteiger partial charge is 0.291 e. The Morgan fingerprint density at radius 3 is 2.45 bits per heavy atom. The van der Waals surface area contributed by atoms with Gasteiger partial charge in [-0.05, 0) is 72.9 Å². The first-order valence-corrected chi connectivity index (χ1v) is 13.8. The van der Waals surface area contributed by atoms with Gasteiger partial charge < -0.3 is 18.8 Å². The van der Waals surface area contributed by atoms with Crippen molar-refractivity contribution in [1.29, 1.82) is 0 Å². The molecule has 4 aromatic rings. The molecule has 7 heteroatoms. The molecule has 1 amide bonds. The number of carbonyl (C=O) groups is 1. The molecule has 0 aliphatic carbocycles. The minimum Gasteiger partial charge on any atom is -0.493 e. The molecule has 6 nitrogen and oxygen atoms in total. The minimum absolute atomic E-state index is 0.0322. The molecule has 0 radical (unpaired) electrons. The van der Waals surface area contributed by atoms with E-state index in [1.54, 1.807) is 30.2 Å². The third-order valence-electron chi connectivity index (χ3n) is 7.44. The van der Waals surface area contributed by atoms with Gasteiger partial charge in [0.05, 0.1) is 30.7 Å². The summed E-state index contributed by atoms with van der Waals surface area (Å²) in [5.41, 5.74) is 3.61. The number of benzene rings is 3. The summed E-state index contributed by atoms with van der Waals surface area (Å²) in [5.74, 6) is 0.407. The van der Waals surface area contributed by atoms with Crippen LogP contribution in [0.2, 0.25) is 0 Å². The zero-order chi connectivity index (χ0) is 28.4. The van der Waals surface area contributed by atoms with Gasteiger partial charge in [0.15, 0.2) is 16.9 Å². The Hall–Kier alpha value is -4.13. The normalized spacial score (nSPS) is 14.6. The Labute approximate surface area is 233 Å². The molecule has 1 aliphatic heterocycles. The molecule has 1 aromatic heterocycles. The van der Waals surface area contributed by atoms with Crippen LogP contribution in [0.5, 0.6) is 11.5 Å². The summed E-state index contributed by atoms with van der Waals surface area (Å²) in [4.78, 5) is 29.5. The van der Waals surface area contributed by atoms with Gasteiger partial charge in [0.2, 0.25) is 5.76 Å². The highest BCUT2D eigenvalue weighted by Gasteiger charge is 2.43. The molecule has 1 unspecified atom stereocenters. The summed E-state index contributed by atoms with van der Waals surface area (Å²) in [6.45, 7) is 6.70. The lowest BCUT2D eigenvalue weighted by molar-refractivity contribution is 0.0714. The predicted octanol–water partition coefficient (Wildman–Crippen LogP) is 7.26. The van der Waals surface area contributed by atoms with Crippen molar-refractivity contribution in [3.8, 4) is 11.5 Å². The topological polar surface area (TPSA) is 69.0 Å². The zero-order valence-corrected chi connectivity index (χ0v) is 23.4. The molecule has 0 saturated carbocycles. The number of halogens is 1. The van der Waals surface area contributed by atoms with Gasteiger partial charge >= 0.3 is 0 Å². The number of hydrogen-bond donors (Lipinski definition) is 0. The highest BCUT2D eigenvalue weighted by molar-refractivity contribution is 5.99. The third-order valence-corrected chi connectivity index (χ3v) is 7.44. The number of methoxy groups -OCH3 is 1. The number of rotatable bonds is 10. The van der Waals surface area contributed by atoms with Crippen LogP contribution in [0, 0.1) is 19.7 Å². The number of ether oxygens (including phenoxy) is 2. The second-order valence-corrected chi connectivity index (χ2v) is 10.4. The highest BCUT2D eigenvalue weighted by Crippen LogP contribution is 2.42. The van der Waals surface area contributed by atoms with Crippen molar-refractivity contribution in [2.75, 3.05) is 13.7 Å². The van der Waals surface area contributed by atoms with E-state index in [2.05, 4.69) is 6.92 Å². The first kappa shape index (κ1) is 27.4. The second-order valence-electron chi connectivity index (χ2n) is 10.4. The van der Waals surface area contributed by atoms with Gasteiger partial charge in [0.25, 0.3) is 5.91 Å². The fourth-order valence-corrected chi connectivity index (χ4v) is 5.49. The van der Waals surface area contributed by atoms with Crippen LogP contribution in [0.4, 0.5) is 4.39 Å². The summed E-state index contributed by atoms with van der Waals surface area (Å²) >= 11 is 0. The van der Waals surface area contributed by atoms with Gasteiger partial charge in [-0.1, -0.05) is 50.5 Å². The average Bonchev–Trinajstić information content (AvgIpc) is 3.20. The lowest BCUT2D eigenvalue weighted by atomic mass is 9.96. The Morgan fingerprint density at radius 2 is 1.73 bits per heavy atom. The first-order chi connectivity index (χ1) is 19.3. The van der Waals surface area contributed by atoms with Crippen molar-refractivity contribution in [3.63, 3.8) is 0 Å². The molecule has 1 atom stereocenters. The number of hydrogen-bond acceptors (Lipinski definition) is 5. The fraction of sp³-hybridized carbons (Fsp3) is 0.333. The van der Waals surface area contributed by atoms with Crippen LogP contribution in [0.15, 0.2) is 63.8 Å². The van der Waals surface area contributed by atoms with Gasteiger partial charge in [-0.2, -0.15) is 0 Å². The van der Waals surface area contributed by atoms with Crippen molar-refractivity contribution < 1.29 is 23.1 Å². The van der Waals surface area contributed by atoms with E-state index in [0.717, 1.165) is 42.4 Å². The molecular weight excluding hydrogens is 509 g/mol. The number of aryl methyl sites for hydroxylation is 2. The lowest BCUT2D eigenvalue weighted by Crippen LogP contribution is -2.29. The number of fused-ring (bicyclic) bond motifs is 2. The van der Waals surface area contributed by atoms with E-state index in [1.807, 2.05) is 38.1 Å². The SMILES string of the molecule is CCCCCCOc1ccc(C2c3c(oc4cc(C)cc(C)c4c3=O)C(=O)N2Cc2ccc(F)cc2)cc1OC. The van der Waals surface area contributed by atoms with Crippen LogP contribution in [-0.2, 0) is 6.54 Å². The molecule has 1 aliphatic rings. The van der Waals surface area contributed by atoms with E-state index in [-0.39, 0.29) is 23.6 Å². The van der Waals surface area contributed by atoms with Gasteiger partial charge in [-0.15, -0.1) is 0 Å². The van der Waals surface area contributed by atoms with E-state index >= 15 is 0 Å². The standard InChI is InChI=1S/C33H34FNO5/c1-5-6-7-8-15-39-25-14-11-23(18-26(25)38-4)30-29-31(36)28-21(3)16-20(2)17-27(28)40-32(29)33(37)35(30)19-22-9-12-24(34)13-10-22/h9-14,16-18,30H,5-8,15,19H2,1-4H3. The summed E-state index contributed by atoms with van der Waals surface area (Å²) in [6.07, 6.45) is 4.35. The number of unbranched alkanes of at least 4 members (excludes halogenated alkanes) is 3. The van der Waals surface area contributed by atoms with E-state index in [9.17, 15) is 14.0 Å². The molecule has 2 heterocycles. The predicted molar refractivity (Wildman–Crippen MR) is 153 cm³/mol. The maximum atomic E-state index is 14.0. The van der Waals surface area contributed by atoms with Gasteiger partial charge in [-0.3, -0.25) is 9.59 Å². The average molecular weight is 544 g/mol. The van der Waals surface area contributed by atoms with Crippen molar-refractivity contribution in [3.05, 3.63) is 104 Å². The molecule has 0 spiro atoms.